The Morgan fingerprint density at radius 1 is 1.19 bits per heavy atom. The maximum atomic E-state index is 12.3. The van der Waals surface area contributed by atoms with Gasteiger partial charge in [-0.05, 0) is 59.1 Å². The van der Waals surface area contributed by atoms with Gasteiger partial charge in [0.1, 0.15) is 16.5 Å². The summed E-state index contributed by atoms with van der Waals surface area (Å²) in [5, 5.41) is 3.34. The highest BCUT2D eigenvalue weighted by atomic mass is 32.1. The summed E-state index contributed by atoms with van der Waals surface area (Å²) in [5.74, 6) is -1.30. The van der Waals surface area contributed by atoms with E-state index in [4.69, 9.17) is 14.2 Å². The predicted molar refractivity (Wildman–Crippen MR) is 118 cm³/mol. The van der Waals surface area contributed by atoms with E-state index < -0.39 is 29.2 Å². The number of nitrogens with one attached hydrogen (secondary N) is 1. The van der Waals surface area contributed by atoms with Crippen LogP contribution < -0.4 is 5.32 Å². The van der Waals surface area contributed by atoms with E-state index in [1.54, 1.807) is 6.07 Å². The molecular weight excluding hydrogens is 420 g/mol. The number of ether oxygens (including phenoxy) is 3. The number of carbonyl (C=O) groups is 3. The number of thiophene rings is 1. The van der Waals surface area contributed by atoms with Gasteiger partial charge >= 0.3 is 17.9 Å². The van der Waals surface area contributed by atoms with Crippen LogP contribution in [0.2, 0.25) is 0 Å². The average Bonchev–Trinajstić information content (AvgIpc) is 3.16. The molecule has 1 unspecified atom stereocenters. The molecule has 1 N–H and O–H groups in total. The standard InChI is InChI=1S/C22H34N2O6S/c1-21(2,3)30-20(27)17-10-9-15(31-17)14-24-12-8-7-11-22(24,4)23-16(19(26)29-6)13-18(25)28-5/h9-10,16,23H,7-8,11-14H2,1-6H3/t16-,22?/m0/s1. The molecule has 0 aliphatic carbocycles. The zero-order valence-electron chi connectivity index (χ0n) is 19.3. The molecule has 0 radical (unpaired) electrons. The lowest BCUT2D eigenvalue weighted by molar-refractivity contribution is -0.151. The Bertz CT molecular complexity index is 787. The smallest absolute Gasteiger partial charge is 0.348 e. The summed E-state index contributed by atoms with van der Waals surface area (Å²) in [5.41, 5.74) is -1.06. The molecule has 1 saturated heterocycles. The van der Waals surface area contributed by atoms with Gasteiger partial charge in [0.2, 0.25) is 0 Å². The predicted octanol–water partition coefficient (Wildman–Crippen LogP) is 3.10. The number of hydrogen-bond donors (Lipinski definition) is 1. The van der Waals surface area contributed by atoms with Gasteiger partial charge in [0.25, 0.3) is 0 Å². The van der Waals surface area contributed by atoms with Crippen LogP contribution in [0.4, 0.5) is 0 Å². The monoisotopic (exact) mass is 454 g/mol. The van der Waals surface area contributed by atoms with Crippen LogP contribution in [-0.4, -0.2) is 60.9 Å². The van der Waals surface area contributed by atoms with Crippen LogP contribution >= 0.6 is 11.3 Å². The zero-order chi connectivity index (χ0) is 23.2. The summed E-state index contributed by atoms with van der Waals surface area (Å²) in [6.45, 7) is 9.00. The number of rotatable bonds is 8. The van der Waals surface area contributed by atoms with Crippen LogP contribution in [0.15, 0.2) is 12.1 Å². The van der Waals surface area contributed by atoms with E-state index in [9.17, 15) is 14.4 Å². The van der Waals surface area contributed by atoms with Gasteiger partial charge in [-0.1, -0.05) is 0 Å². The Kier molecular flexibility index (Phi) is 8.62. The second kappa shape index (κ2) is 10.6. The number of nitrogens with zero attached hydrogens (tertiary/aromatic N) is 1. The molecule has 1 aromatic rings. The maximum Gasteiger partial charge on any atom is 0.348 e. The lowest BCUT2D eigenvalue weighted by Gasteiger charge is -2.46. The van der Waals surface area contributed by atoms with Crippen LogP contribution in [-0.2, 0) is 30.3 Å². The van der Waals surface area contributed by atoms with Gasteiger partial charge in [-0.2, -0.15) is 0 Å². The fourth-order valence-electron chi connectivity index (χ4n) is 3.64. The van der Waals surface area contributed by atoms with Crippen molar-refractivity contribution in [3.8, 4) is 0 Å². The van der Waals surface area contributed by atoms with E-state index in [-0.39, 0.29) is 12.4 Å². The highest BCUT2D eigenvalue weighted by Crippen LogP contribution is 2.30. The quantitative estimate of drug-likeness (QED) is 0.473. The third-order valence-corrected chi connectivity index (χ3v) is 6.27. The lowest BCUT2D eigenvalue weighted by Crippen LogP contribution is -2.63. The first-order valence-electron chi connectivity index (χ1n) is 10.5. The fraction of sp³-hybridized carbons (Fsp3) is 0.682. The van der Waals surface area contributed by atoms with E-state index in [0.29, 0.717) is 11.4 Å². The second-order valence-electron chi connectivity index (χ2n) is 8.92. The summed E-state index contributed by atoms with van der Waals surface area (Å²) in [4.78, 5) is 40.3. The minimum Gasteiger partial charge on any atom is -0.469 e. The van der Waals surface area contributed by atoms with E-state index in [1.807, 2.05) is 33.8 Å². The zero-order valence-corrected chi connectivity index (χ0v) is 20.1. The molecule has 1 aliphatic rings. The molecule has 0 saturated carbocycles. The van der Waals surface area contributed by atoms with Gasteiger partial charge in [0.15, 0.2) is 0 Å². The van der Waals surface area contributed by atoms with Crippen molar-refractivity contribution in [3.05, 3.63) is 21.9 Å². The number of piperidine rings is 1. The third kappa shape index (κ3) is 7.29. The Labute approximate surface area is 188 Å². The Balaban J connectivity index is 2.14. The van der Waals surface area contributed by atoms with Crippen LogP contribution in [0.3, 0.4) is 0 Å². The van der Waals surface area contributed by atoms with Gasteiger partial charge < -0.3 is 14.2 Å². The largest absolute Gasteiger partial charge is 0.469 e. The molecule has 1 fully saturated rings. The van der Waals surface area contributed by atoms with Gasteiger partial charge in [-0.15, -0.1) is 11.3 Å². The van der Waals surface area contributed by atoms with Crippen molar-refractivity contribution in [1.29, 1.82) is 0 Å². The van der Waals surface area contributed by atoms with Crippen molar-refractivity contribution in [3.63, 3.8) is 0 Å². The SMILES string of the molecule is COC(=O)C[C@H](NC1(C)CCCCN1Cc1ccc(C(=O)OC(C)(C)C)s1)C(=O)OC. The molecule has 0 amide bonds. The topological polar surface area (TPSA) is 94.2 Å². The highest BCUT2D eigenvalue weighted by Gasteiger charge is 2.39. The van der Waals surface area contributed by atoms with E-state index >= 15 is 0 Å². The minimum absolute atomic E-state index is 0.103. The normalized spacial score (nSPS) is 20.7. The molecule has 0 spiro atoms. The number of hydrogen-bond acceptors (Lipinski definition) is 9. The van der Waals surface area contributed by atoms with E-state index in [2.05, 4.69) is 10.2 Å². The van der Waals surface area contributed by atoms with Crippen molar-refractivity contribution >= 4 is 29.2 Å². The molecular formula is C22H34N2O6S. The summed E-state index contributed by atoms with van der Waals surface area (Å²) in [6.07, 6.45) is 2.74. The van der Waals surface area contributed by atoms with Crippen molar-refractivity contribution in [1.82, 2.24) is 10.2 Å². The third-order valence-electron chi connectivity index (χ3n) is 5.22. The molecule has 2 rings (SSSR count). The molecule has 0 bridgehead atoms. The summed E-state index contributed by atoms with van der Waals surface area (Å²) < 4.78 is 15.1. The maximum absolute atomic E-state index is 12.3. The van der Waals surface area contributed by atoms with Gasteiger partial charge in [0, 0.05) is 18.0 Å². The molecule has 174 valence electrons. The van der Waals surface area contributed by atoms with Crippen molar-refractivity contribution in [2.24, 2.45) is 0 Å². The Morgan fingerprint density at radius 3 is 2.52 bits per heavy atom. The van der Waals surface area contributed by atoms with Crippen LogP contribution in [0.1, 0.15) is 67.9 Å². The molecule has 2 atom stereocenters. The Hall–Kier alpha value is -1.97. The van der Waals surface area contributed by atoms with Crippen molar-refractivity contribution in [2.45, 2.75) is 77.2 Å². The highest BCUT2D eigenvalue weighted by molar-refractivity contribution is 7.13. The summed E-state index contributed by atoms with van der Waals surface area (Å²) in [7, 11) is 2.60. The van der Waals surface area contributed by atoms with Crippen LogP contribution in [0.25, 0.3) is 0 Å². The number of esters is 3. The number of likely N-dealkylation sites (tertiary alicyclic amines) is 1. The average molecular weight is 455 g/mol. The van der Waals surface area contributed by atoms with Gasteiger partial charge in [-0.25, -0.2) is 4.79 Å². The molecule has 31 heavy (non-hydrogen) atoms. The van der Waals surface area contributed by atoms with Crippen molar-refractivity contribution < 1.29 is 28.6 Å². The Morgan fingerprint density at radius 2 is 1.90 bits per heavy atom. The first-order chi connectivity index (χ1) is 14.5. The molecule has 9 heteroatoms. The molecule has 0 aromatic carbocycles. The summed E-state index contributed by atoms with van der Waals surface area (Å²) >= 11 is 1.41. The van der Waals surface area contributed by atoms with Crippen LogP contribution in [0.5, 0.6) is 0 Å². The first-order valence-corrected chi connectivity index (χ1v) is 11.3. The van der Waals surface area contributed by atoms with Gasteiger partial charge in [0.05, 0.1) is 26.3 Å². The van der Waals surface area contributed by atoms with E-state index in [1.165, 1.54) is 25.6 Å². The van der Waals surface area contributed by atoms with Gasteiger partial charge in [-0.3, -0.25) is 19.8 Å². The number of methoxy groups -OCH3 is 2. The van der Waals surface area contributed by atoms with Crippen LogP contribution in [0, 0.1) is 0 Å². The lowest BCUT2D eigenvalue weighted by atomic mass is 9.95. The van der Waals surface area contributed by atoms with Crippen molar-refractivity contribution in [2.75, 3.05) is 20.8 Å². The van der Waals surface area contributed by atoms with E-state index in [0.717, 1.165) is 30.7 Å². The summed E-state index contributed by atoms with van der Waals surface area (Å²) in [6, 6.07) is 2.92. The molecule has 2 heterocycles. The molecule has 1 aromatic heterocycles. The number of carbonyl (C=O) groups excluding carboxylic acids is 3. The fourth-order valence-corrected chi connectivity index (χ4v) is 4.54. The first kappa shape index (κ1) is 25.3. The molecule has 8 nitrogen and oxygen atoms in total. The minimum atomic E-state index is -0.802. The molecule has 1 aliphatic heterocycles. The second-order valence-corrected chi connectivity index (χ2v) is 10.1.